The number of ether oxygens (including phenoxy) is 1. The third-order valence-electron chi connectivity index (χ3n) is 9.76. The Morgan fingerprint density at radius 2 is 1.27 bits per heavy atom. The van der Waals surface area contributed by atoms with Crippen molar-refractivity contribution in [2.45, 2.75) is 141 Å². The highest BCUT2D eigenvalue weighted by molar-refractivity contribution is 6.75. The molecule has 40 heavy (non-hydrogen) atoms. The van der Waals surface area contributed by atoms with Gasteiger partial charge in [-0.05, 0) is 54.4 Å². The average Bonchev–Trinajstić information content (AvgIpc) is 3.32. The second kappa shape index (κ2) is 11.1. The van der Waals surface area contributed by atoms with Gasteiger partial charge < -0.3 is 18.0 Å². The average molecular weight is 629 g/mol. The van der Waals surface area contributed by atoms with E-state index in [9.17, 15) is 0 Å². The third-order valence-corrected chi connectivity index (χ3v) is 23.5. The lowest BCUT2D eigenvalue weighted by Crippen LogP contribution is -2.54. The molecule has 8 nitrogen and oxygen atoms in total. The first kappa shape index (κ1) is 33.8. The predicted octanol–water partition coefficient (Wildman–Crippen LogP) is 8.18. The van der Waals surface area contributed by atoms with Gasteiger partial charge in [-0.15, -0.1) is 0 Å². The summed E-state index contributed by atoms with van der Waals surface area (Å²) in [7, 11) is -6.53. The van der Waals surface area contributed by atoms with Crippen LogP contribution in [-0.2, 0) is 18.0 Å². The molecule has 0 aliphatic carbocycles. The van der Waals surface area contributed by atoms with E-state index in [4.69, 9.17) is 29.6 Å². The minimum absolute atomic E-state index is 0.00269. The fourth-order valence-electron chi connectivity index (χ4n) is 3.88. The number of fused-ring (bicyclic) bond motifs is 1. The summed E-state index contributed by atoms with van der Waals surface area (Å²) in [6.07, 6.45) is 1.67. The topological polar surface area (TPSA) is 80.5 Å². The minimum atomic E-state index is -2.25. The Kier molecular flexibility index (Phi) is 9.40. The van der Waals surface area contributed by atoms with Crippen LogP contribution in [0, 0.1) is 0 Å². The summed E-state index contributed by atoms with van der Waals surface area (Å²) in [6.45, 7) is 34.4. The standard InChI is InChI=1S/C28H53ClN4O4Si3/c1-26(2,3)38(10,11)34-16-19-21(36-39(12,13)27(4,5)6)22(37-40(14,15)28(7,8)9)25(35-19)33-18-32-20-23(29)30-17-31-24(20)33/h17-19,21-22,25H,16H2,1-15H3/t19-,21-,22-,25-/m1/s1. The summed E-state index contributed by atoms with van der Waals surface area (Å²) >= 11 is 6.39. The van der Waals surface area contributed by atoms with Gasteiger partial charge >= 0.3 is 0 Å². The van der Waals surface area contributed by atoms with E-state index in [-0.39, 0.29) is 33.4 Å². The summed E-state index contributed by atoms with van der Waals surface area (Å²) in [5.74, 6) is 0. The number of halogens is 1. The molecule has 0 amide bonds. The molecule has 0 unspecified atom stereocenters. The van der Waals surface area contributed by atoms with Gasteiger partial charge in [-0.25, -0.2) is 15.0 Å². The normalized spacial score (nSPS) is 23.8. The second-order valence-corrected chi connectivity index (χ2v) is 30.5. The van der Waals surface area contributed by atoms with E-state index in [1.807, 2.05) is 4.57 Å². The monoisotopic (exact) mass is 628 g/mol. The molecule has 2 aromatic heterocycles. The fraction of sp³-hybridized carbons (Fsp3) is 0.821. The molecule has 1 saturated heterocycles. The van der Waals surface area contributed by atoms with Crippen LogP contribution in [0.5, 0.6) is 0 Å². The van der Waals surface area contributed by atoms with Crippen LogP contribution in [-0.4, -0.2) is 69.4 Å². The molecule has 2 aromatic rings. The molecule has 3 heterocycles. The Labute approximate surface area is 250 Å². The van der Waals surface area contributed by atoms with Crippen LogP contribution in [0.2, 0.25) is 59.5 Å². The quantitative estimate of drug-likeness (QED) is 0.215. The van der Waals surface area contributed by atoms with Gasteiger partial charge in [0, 0.05) is 0 Å². The Hall–Kier alpha value is -0.669. The highest BCUT2D eigenvalue weighted by Crippen LogP contribution is 2.47. The van der Waals surface area contributed by atoms with Crippen molar-refractivity contribution in [1.82, 2.24) is 19.5 Å². The van der Waals surface area contributed by atoms with Crippen LogP contribution in [0.3, 0.4) is 0 Å². The zero-order valence-corrected chi connectivity index (χ0v) is 31.2. The van der Waals surface area contributed by atoms with E-state index in [1.54, 1.807) is 6.33 Å². The van der Waals surface area contributed by atoms with E-state index in [0.717, 1.165) is 0 Å². The molecule has 0 radical (unpaired) electrons. The summed E-state index contributed by atoms with van der Waals surface area (Å²) in [5, 5.41) is 0.402. The maximum atomic E-state index is 7.22. The zero-order chi connectivity index (χ0) is 30.7. The van der Waals surface area contributed by atoms with Crippen molar-refractivity contribution < 1.29 is 18.0 Å². The molecule has 0 spiro atoms. The first-order valence-corrected chi connectivity index (χ1v) is 23.5. The Morgan fingerprint density at radius 1 is 0.775 bits per heavy atom. The molecule has 0 saturated carbocycles. The van der Waals surface area contributed by atoms with Gasteiger partial charge in [0.1, 0.15) is 30.2 Å². The highest BCUT2D eigenvalue weighted by Gasteiger charge is 2.55. The van der Waals surface area contributed by atoms with Crippen LogP contribution in [0.4, 0.5) is 0 Å². The van der Waals surface area contributed by atoms with Crippen molar-refractivity contribution in [3.05, 3.63) is 17.8 Å². The first-order valence-electron chi connectivity index (χ1n) is 14.4. The number of imidazole rings is 1. The maximum Gasteiger partial charge on any atom is 0.192 e. The molecular weight excluding hydrogens is 576 g/mol. The number of rotatable bonds is 8. The largest absolute Gasteiger partial charge is 0.414 e. The molecular formula is C28H53ClN4O4Si3. The van der Waals surface area contributed by atoms with E-state index in [2.05, 4.69) is 117 Å². The predicted molar refractivity (Wildman–Crippen MR) is 172 cm³/mol. The Morgan fingerprint density at radius 3 is 1.77 bits per heavy atom. The maximum absolute atomic E-state index is 7.22. The first-order chi connectivity index (χ1) is 17.9. The second-order valence-electron chi connectivity index (χ2n) is 15.8. The van der Waals surface area contributed by atoms with Crippen molar-refractivity contribution >= 4 is 47.7 Å². The lowest BCUT2D eigenvalue weighted by molar-refractivity contribution is -0.0470. The summed E-state index contributed by atoms with van der Waals surface area (Å²) in [5.41, 5.74) is 1.16. The van der Waals surface area contributed by atoms with E-state index >= 15 is 0 Å². The van der Waals surface area contributed by atoms with Crippen LogP contribution in [0.15, 0.2) is 12.7 Å². The van der Waals surface area contributed by atoms with Gasteiger partial charge in [-0.3, -0.25) is 4.57 Å². The molecule has 4 atom stereocenters. The SMILES string of the molecule is CC(C)(C)[Si](C)(C)OC[C@H]1O[C@@H](n2cnc3c(Cl)ncnc32)[C@H](O[Si](C)(C)C(C)(C)C)[C@@H]1O[Si](C)(C)C(C)(C)C. The van der Waals surface area contributed by atoms with Crippen molar-refractivity contribution in [3.63, 3.8) is 0 Å². The van der Waals surface area contributed by atoms with Crippen molar-refractivity contribution in [2.75, 3.05) is 6.61 Å². The summed E-state index contributed by atoms with van der Waals surface area (Å²) < 4.78 is 30.1. The van der Waals surface area contributed by atoms with Gasteiger partial charge in [-0.2, -0.15) is 0 Å². The molecule has 12 heteroatoms. The number of nitrogens with zero attached hydrogens (tertiary/aromatic N) is 4. The lowest BCUT2D eigenvalue weighted by Gasteiger charge is -2.44. The van der Waals surface area contributed by atoms with E-state index in [0.29, 0.717) is 22.9 Å². The van der Waals surface area contributed by atoms with Crippen LogP contribution in [0.25, 0.3) is 11.2 Å². The van der Waals surface area contributed by atoms with Gasteiger partial charge in [-0.1, -0.05) is 73.9 Å². The molecule has 1 aliphatic heterocycles. The highest BCUT2D eigenvalue weighted by atomic mass is 35.5. The zero-order valence-electron chi connectivity index (χ0n) is 27.5. The van der Waals surface area contributed by atoms with Crippen molar-refractivity contribution in [1.29, 1.82) is 0 Å². The Balaban J connectivity index is 2.15. The molecule has 1 aliphatic rings. The lowest BCUT2D eigenvalue weighted by atomic mass is 10.1. The number of hydrogen-bond acceptors (Lipinski definition) is 7. The fourth-order valence-corrected chi connectivity index (χ4v) is 7.68. The Bertz CT molecular complexity index is 1180. The van der Waals surface area contributed by atoms with Crippen LogP contribution < -0.4 is 0 Å². The number of hydrogen-bond donors (Lipinski definition) is 0. The smallest absolute Gasteiger partial charge is 0.192 e. The third kappa shape index (κ3) is 6.77. The van der Waals surface area contributed by atoms with Crippen molar-refractivity contribution in [3.8, 4) is 0 Å². The minimum Gasteiger partial charge on any atom is -0.414 e. The number of aromatic nitrogens is 4. The van der Waals surface area contributed by atoms with Crippen LogP contribution in [0.1, 0.15) is 68.5 Å². The molecule has 228 valence electrons. The van der Waals surface area contributed by atoms with Gasteiger partial charge in [0.15, 0.2) is 42.0 Å². The summed E-state index contributed by atoms with van der Waals surface area (Å²) in [4.78, 5) is 13.2. The van der Waals surface area contributed by atoms with E-state index < -0.39 is 31.2 Å². The van der Waals surface area contributed by atoms with Gasteiger partial charge in [0.05, 0.1) is 12.9 Å². The van der Waals surface area contributed by atoms with Gasteiger partial charge in [0.2, 0.25) is 0 Å². The molecule has 0 N–H and O–H groups in total. The molecule has 0 bridgehead atoms. The molecule has 0 aromatic carbocycles. The molecule has 3 rings (SSSR count). The van der Waals surface area contributed by atoms with Gasteiger partial charge in [0.25, 0.3) is 0 Å². The molecule has 1 fully saturated rings. The summed E-state index contributed by atoms with van der Waals surface area (Å²) in [6, 6.07) is 0. The van der Waals surface area contributed by atoms with E-state index in [1.165, 1.54) is 6.33 Å². The van der Waals surface area contributed by atoms with Crippen molar-refractivity contribution in [2.24, 2.45) is 0 Å². The van der Waals surface area contributed by atoms with Crippen LogP contribution >= 0.6 is 11.6 Å².